The van der Waals surface area contributed by atoms with Crippen LogP contribution in [0.2, 0.25) is 0 Å². The van der Waals surface area contributed by atoms with Gasteiger partial charge < -0.3 is 15.0 Å². The first-order valence-corrected chi connectivity index (χ1v) is 11.2. The lowest BCUT2D eigenvalue weighted by atomic mass is 10.0. The molecule has 0 saturated carbocycles. The number of aryl methyl sites for hydroxylation is 2. The van der Waals surface area contributed by atoms with Crippen LogP contribution in [0.3, 0.4) is 0 Å². The van der Waals surface area contributed by atoms with Crippen LogP contribution in [0.4, 0.5) is 11.4 Å². The zero-order valence-corrected chi connectivity index (χ0v) is 18.5. The SMILES string of the molecule is Cc1ccc(C)c2nc(SCC(=O)Nc3ccc(N4CCOCC4)cc3)c(C#N)cc12. The third-order valence-electron chi connectivity index (χ3n) is 5.36. The molecule has 0 atom stereocenters. The minimum absolute atomic E-state index is 0.129. The Morgan fingerprint density at radius 2 is 1.87 bits per heavy atom. The van der Waals surface area contributed by atoms with E-state index in [-0.39, 0.29) is 11.7 Å². The molecule has 1 saturated heterocycles. The Labute approximate surface area is 186 Å². The number of aromatic nitrogens is 1. The number of anilines is 2. The second-order valence-electron chi connectivity index (χ2n) is 7.53. The summed E-state index contributed by atoms with van der Waals surface area (Å²) in [5.74, 6) is 0.0550. The van der Waals surface area contributed by atoms with Crippen molar-refractivity contribution < 1.29 is 9.53 Å². The van der Waals surface area contributed by atoms with Crippen molar-refractivity contribution in [1.82, 2.24) is 4.98 Å². The van der Waals surface area contributed by atoms with Crippen molar-refractivity contribution >= 4 is 39.9 Å². The summed E-state index contributed by atoms with van der Waals surface area (Å²) in [5, 5.41) is 14.0. The van der Waals surface area contributed by atoms with E-state index in [0.717, 1.165) is 59.7 Å². The fraction of sp³-hybridized carbons (Fsp3) is 0.292. The van der Waals surface area contributed by atoms with Gasteiger partial charge in [-0.05, 0) is 55.3 Å². The predicted octanol–water partition coefficient (Wildman–Crippen LogP) is 4.29. The van der Waals surface area contributed by atoms with Crippen molar-refractivity contribution in [3.63, 3.8) is 0 Å². The maximum absolute atomic E-state index is 12.5. The molecule has 7 heteroatoms. The summed E-state index contributed by atoms with van der Waals surface area (Å²) in [7, 11) is 0. The number of morpholine rings is 1. The molecule has 0 spiro atoms. The highest BCUT2D eigenvalue weighted by Crippen LogP contribution is 2.28. The van der Waals surface area contributed by atoms with Crippen molar-refractivity contribution in [1.29, 1.82) is 5.26 Å². The molecule has 0 unspecified atom stereocenters. The molecule has 158 valence electrons. The second kappa shape index (κ2) is 9.38. The Morgan fingerprint density at radius 3 is 2.58 bits per heavy atom. The van der Waals surface area contributed by atoms with Crippen LogP contribution in [-0.2, 0) is 9.53 Å². The van der Waals surface area contributed by atoms with Gasteiger partial charge in [-0.1, -0.05) is 23.9 Å². The largest absolute Gasteiger partial charge is 0.378 e. The average Bonchev–Trinajstić information content (AvgIpc) is 2.81. The number of rotatable bonds is 5. The first-order chi connectivity index (χ1) is 15.0. The first kappa shape index (κ1) is 21.2. The Kier molecular flexibility index (Phi) is 6.40. The van der Waals surface area contributed by atoms with Gasteiger partial charge in [0.05, 0.1) is 30.0 Å². The number of benzene rings is 2. The molecule has 1 N–H and O–H groups in total. The molecule has 1 aliphatic heterocycles. The highest BCUT2D eigenvalue weighted by molar-refractivity contribution is 8.00. The van der Waals surface area contributed by atoms with E-state index in [1.54, 1.807) is 0 Å². The lowest BCUT2D eigenvalue weighted by Crippen LogP contribution is -2.36. The van der Waals surface area contributed by atoms with Crippen LogP contribution in [0.15, 0.2) is 47.5 Å². The maximum atomic E-state index is 12.5. The summed E-state index contributed by atoms with van der Waals surface area (Å²) in [5.41, 5.74) is 5.38. The number of amides is 1. The normalized spacial score (nSPS) is 13.8. The number of pyridine rings is 1. The quantitative estimate of drug-likeness (QED) is 0.606. The number of hydrogen-bond donors (Lipinski definition) is 1. The molecule has 1 aliphatic rings. The third kappa shape index (κ3) is 4.82. The maximum Gasteiger partial charge on any atom is 0.234 e. The lowest BCUT2D eigenvalue weighted by molar-refractivity contribution is -0.113. The van der Waals surface area contributed by atoms with Gasteiger partial charge in [-0.15, -0.1) is 0 Å². The standard InChI is InChI=1S/C24H24N4O2S/c1-16-3-4-17(2)23-21(16)13-18(14-25)24(27-23)31-15-22(29)26-19-5-7-20(8-6-19)28-9-11-30-12-10-28/h3-8,13H,9-12,15H2,1-2H3,(H,26,29). The van der Waals surface area contributed by atoms with Gasteiger partial charge in [-0.2, -0.15) is 5.26 Å². The molecule has 0 bridgehead atoms. The molecule has 1 amide bonds. The topological polar surface area (TPSA) is 78.2 Å². The van der Waals surface area contributed by atoms with Gasteiger partial charge in [0, 0.05) is 29.9 Å². The molecule has 4 rings (SSSR count). The van der Waals surface area contributed by atoms with Crippen LogP contribution < -0.4 is 10.2 Å². The van der Waals surface area contributed by atoms with Crippen molar-refractivity contribution in [2.45, 2.75) is 18.9 Å². The van der Waals surface area contributed by atoms with E-state index in [4.69, 9.17) is 9.72 Å². The summed E-state index contributed by atoms with van der Waals surface area (Å²) in [4.78, 5) is 19.4. The Morgan fingerprint density at radius 1 is 1.16 bits per heavy atom. The van der Waals surface area contributed by atoms with Gasteiger partial charge in [-0.25, -0.2) is 4.98 Å². The summed E-state index contributed by atoms with van der Waals surface area (Å²) >= 11 is 1.29. The summed E-state index contributed by atoms with van der Waals surface area (Å²) < 4.78 is 5.39. The highest BCUT2D eigenvalue weighted by Gasteiger charge is 2.14. The minimum Gasteiger partial charge on any atom is -0.378 e. The molecule has 6 nitrogen and oxygen atoms in total. The van der Waals surface area contributed by atoms with E-state index in [1.165, 1.54) is 11.8 Å². The fourth-order valence-corrected chi connectivity index (χ4v) is 4.37. The lowest BCUT2D eigenvalue weighted by Gasteiger charge is -2.28. The van der Waals surface area contributed by atoms with E-state index in [0.29, 0.717) is 10.6 Å². The predicted molar refractivity (Wildman–Crippen MR) is 125 cm³/mol. The average molecular weight is 433 g/mol. The summed E-state index contributed by atoms with van der Waals surface area (Å²) in [6.45, 7) is 7.24. The molecule has 2 aromatic carbocycles. The molecule has 3 aromatic rings. The van der Waals surface area contributed by atoms with Gasteiger partial charge in [0.25, 0.3) is 0 Å². The molecule has 1 fully saturated rings. The monoisotopic (exact) mass is 432 g/mol. The van der Waals surface area contributed by atoms with Crippen LogP contribution >= 0.6 is 11.8 Å². The smallest absolute Gasteiger partial charge is 0.234 e. The van der Waals surface area contributed by atoms with Crippen LogP contribution in [-0.4, -0.2) is 42.9 Å². The second-order valence-corrected chi connectivity index (χ2v) is 8.50. The van der Waals surface area contributed by atoms with Crippen LogP contribution in [0.5, 0.6) is 0 Å². The number of fused-ring (bicyclic) bond motifs is 1. The number of hydrogen-bond acceptors (Lipinski definition) is 6. The zero-order valence-electron chi connectivity index (χ0n) is 17.6. The number of carbonyl (C=O) groups is 1. The van der Waals surface area contributed by atoms with Gasteiger partial charge in [0.2, 0.25) is 5.91 Å². The van der Waals surface area contributed by atoms with Crippen molar-refractivity contribution in [3.8, 4) is 6.07 Å². The number of nitrogens with zero attached hydrogens (tertiary/aromatic N) is 3. The molecule has 2 heterocycles. The number of carbonyl (C=O) groups excluding carboxylic acids is 1. The Hall–Kier alpha value is -3.08. The van der Waals surface area contributed by atoms with Crippen LogP contribution in [0, 0.1) is 25.2 Å². The molecular weight excluding hydrogens is 408 g/mol. The number of thioether (sulfide) groups is 1. The molecule has 0 radical (unpaired) electrons. The van der Waals surface area contributed by atoms with Gasteiger partial charge >= 0.3 is 0 Å². The highest BCUT2D eigenvalue weighted by atomic mass is 32.2. The van der Waals surface area contributed by atoms with Gasteiger partial charge in [0.15, 0.2) is 0 Å². The van der Waals surface area contributed by atoms with E-state index in [2.05, 4.69) is 16.3 Å². The fourth-order valence-electron chi connectivity index (χ4n) is 3.61. The van der Waals surface area contributed by atoms with Crippen molar-refractivity contribution in [2.24, 2.45) is 0 Å². The first-order valence-electron chi connectivity index (χ1n) is 10.2. The number of ether oxygens (including phenoxy) is 1. The molecule has 31 heavy (non-hydrogen) atoms. The van der Waals surface area contributed by atoms with E-state index in [9.17, 15) is 10.1 Å². The van der Waals surface area contributed by atoms with Crippen LogP contribution in [0.1, 0.15) is 16.7 Å². The van der Waals surface area contributed by atoms with Gasteiger partial charge in [-0.3, -0.25) is 4.79 Å². The van der Waals surface area contributed by atoms with E-state index < -0.39 is 0 Å². The third-order valence-corrected chi connectivity index (χ3v) is 6.35. The van der Waals surface area contributed by atoms with Crippen molar-refractivity contribution in [2.75, 3.05) is 42.3 Å². The Bertz CT molecular complexity index is 1150. The molecular formula is C24H24N4O2S. The Balaban J connectivity index is 1.42. The van der Waals surface area contributed by atoms with Crippen LogP contribution in [0.25, 0.3) is 10.9 Å². The molecule has 1 aromatic heterocycles. The number of nitriles is 1. The van der Waals surface area contributed by atoms with E-state index >= 15 is 0 Å². The molecule has 0 aliphatic carbocycles. The summed E-state index contributed by atoms with van der Waals surface area (Å²) in [6.07, 6.45) is 0. The van der Waals surface area contributed by atoms with E-state index in [1.807, 2.05) is 56.3 Å². The van der Waals surface area contributed by atoms with Gasteiger partial charge in [0.1, 0.15) is 11.1 Å². The minimum atomic E-state index is -0.129. The summed E-state index contributed by atoms with van der Waals surface area (Å²) in [6, 6.07) is 16.0. The van der Waals surface area contributed by atoms with Crippen molar-refractivity contribution in [3.05, 3.63) is 59.2 Å². The zero-order chi connectivity index (χ0) is 21.8. The number of nitrogens with one attached hydrogen (secondary N) is 1.